The van der Waals surface area contributed by atoms with Gasteiger partial charge >= 0.3 is 0 Å². The quantitative estimate of drug-likeness (QED) is 0.765. The third-order valence-corrected chi connectivity index (χ3v) is 3.29. The van der Waals surface area contributed by atoms with Crippen LogP contribution in [-0.4, -0.2) is 20.7 Å². The molecule has 0 saturated carbocycles. The first-order chi connectivity index (χ1) is 7.05. The minimum Gasteiger partial charge on any atom is -0.284 e. The van der Waals surface area contributed by atoms with E-state index in [1.165, 1.54) is 0 Å². The fourth-order valence-corrected chi connectivity index (χ4v) is 1.63. The number of para-hydroxylation sites is 1. The van der Waals surface area contributed by atoms with Gasteiger partial charge < -0.3 is 0 Å². The number of sulfone groups is 1. The van der Waals surface area contributed by atoms with Gasteiger partial charge in [-0.2, -0.15) is 0 Å². The van der Waals surface area contributed by atoms with Crippen molar-refractivity contribution in [3.63, 3.8) is 0 Å². The summed E-state index contributed by atoms with van der Waals surface area (Å²) in [5, 5.41) is 5.18. The number of aryl methyl sites for hydroxylation is 1. The average Bonchev–Trinajstić information content (AvgIpc) is 2.21. The van der Waals surface area contributed by atoms with Gasteiger partial charge in [0.25, 0.3) is 0 Å². The lowest BCUT2D eigenvalue weighted by Crippen LogP contribution is -2.13. The van der Waals surface area contributed by atoms with E-state index in [0.29, 0.717) is 0 Å². The second kappa shape index (κ2) is 4.98. The van der Waals surface area contributed by atoms with E-state index in [1.54, 1.807) is 0 Å². The zero-order chi connectivity index (χ0) is 11.3. The maximum atomic E-state index is 11.1. The maximum absolute atomic E-state index is 11.1. The third-order valence-electron chi connectivity index (χ3n) is 2.03. The summed E-state index contributed by atoms with van der Waals surface area (Å²) in [6, 6.07) is 7.62. The van der Waals surface area contributed by atoms with E-state index in [4.69, 9.17) is 0 Å². The molecule has 0 aliphatic carbocycles. The molecule has 0 atom stereocenters. The monoisotopic (exact) mass is 224 g/mol. The number of benzene rings is 1. The van der Waals surface area contributed by atoms with Crippen LogP contribution in [0.3, 0.4) is 0 Å². The van der Waals surface area contributed by atoms with E-state index in [2.05, 4.69) is 11.9 Å². The lowest BCUT2D eigenvalue weighted by atomic mass is 10.2. The highest BCUT2D eigenvalue weighted by Gasteiger charge is 2.05. The predicted octanol–water partition coefficient (Wildman–Crippen LogP) is 1.79. The zero-order valence-corrected chi connectivity index (χ0v) is 9.50. The summed E-state index contributed by atoms with van der Waals surface area (Å²) in [6.07, 6.45) is 0. The van der Waals surface area contributed by atoms with Crippen LogP contribution in [0.4, 0.5) is 5.69 Å². The van der Waals surface area contributed by atoms with Crippen LogP contribution in [0.15, 0.2) is 36.3 Å². The van der Waals surface area contributed by atoms with Crippen molar-refractivity contribution in [2.75, 3.05) is 12.3 Å². The summed E-state index contributed by atoms with van der Waals surface area (Å²) in [6.45, 7) is 5.47. The van der Waals surface area contributed by atoms with Gasteiger partial charge in [-0.1, -0.05) is 24.8 Å². The first-order valence-corrected chi connectivity index (χ1v) is 6.35. The Morgan fingerprint density at radius 1 is 1.40 bits per heavy atom. The molecule has 0 saturated heterocycles. The molecule has 0 aliphatic heterocycles. The second-order valence-corrected chi connectivity index (χ2v) is 5.27. The van der Waals surface area contributed by atoms with E-state index >= 15 is 0 Å². The molecule has 0 N–H and O–H groups in total. The first-order valence-electron chi connectivity index (χ1n) is 4.63. The van der Waals surface area contributed by atoms with Crippen LogP contribution in [0.2, 0.25) is 0 Å². The van der Waals surface area contributed by atoms with Gasteiger partial charge in [-0.05, 0) is 18.6 Å². The molecule has 0 bridgehead atoms. The molecule has 0 aromatic heterocycles. The number of hydrogen-bond donors (Lipinski definition) is 0. The summed E-state index contributed by atoms with van der Waals surface area (Å²) in [7, 11) is -3.13. The fraction of sp³-hybridized carbons (Fsp3) is 0.273. The third kappa shape index (κ3) is 3.75. The first kappa shape index (κ1) is 11.8. The zero-order valence-electron chi connectivity index (χ0n) is 8.68. The predicted molar refractivity (Wildman–Crippen MR) is 61.8 cm³/mol. The molecule has 1 aromatic carbocycles. The van der Waals surface area contributed by atoms with Crippen LogP contribution in [0.1, 0.15) is 5.56 Å². The second-order valence-electron chi connectivity index (χ2n) is 3.20. The highest BCUT2D eigenvalue weighted by atomic mass is 32.2. The lowest BCUT2D eigenvalue weighted by molar-refractivity contribution is 0.603. The van der Waals surface area contributed by atoms with Gasteiger partial charge in [0.1, 0.15) is 0 Å². The largest absolute Gasteiger partial charge is 0.284 e. The molecular formula is C11H14NO2S. The molecular weight excluding hydrogens is 210 g/mol. The van der Waals surface area contributed by atoms with Crippen LogP contribution in [0.25, 0.3) is 0 Å². The molecule has 0 heterocycles. The Labute approximate surface area is 90.7 Å². The highest BCUT2D eigenvalue weighted by Crippen LogP contribution is 2.12. The van der Waals surface area contributed by atoms with Crippen molar-refractivity contribution < 1.29 is 8.42 Å². The number of rotatable bonds is 5. The molecule has 0 unspecified atom stereocenters. The molecule has 0 spiro atoms. The molecule has 3 nitrogen and oxygen atoms in total. The molecule has 0 amide bonds. The normalized spacial score (nSPS) is 11.0. The lowest BCUT2D eigenvalue weighted by Gasteiger charge is -2.05. The standard InChI is InChI=1S/C11H14NO2S/c1-3-15(13,14)9-8-12-11-7-5-4-6-10(11)2/h3-7H,1,8-9H2,2H3. The van der Waals surface area contributed by atoms with Gasteiger partial charge in [0.05, 0.1) is 18.0 Å². The van der Waals surface area contributed by atoms with Crippen molar-refractivity contribution in [2.45, 2.75) is 6.92 Å². The summed E-state index contributed by atoms with van der Waals surface area (Å²) in [5.41, 5.74) is 1.89. The molecule has 0 aliphatic rings. The Morgan fingerprint density at radius 2 is 2.07 bits per heavy atom. The molecule has 1 rings (SSSR count). The molecule has 81 valence electrons. The Kier molecular flexibility index (Phi) is 3.91. The Morgan fingerprint density at radius 3 is 2.67 bits per heavy atom. The van der Waals surface area contributed by atoms with Crippen LogP contribution in [0, 0.1) is 6.92 Å². The molecule has 0 fully saturated rings. The summed E-state index contributed by atoms with van der Waals surface area (Å²) >= 11 is 0. The molecule has 1 radical (unpaired) electrons. The van der Waals surface area contributed by atoms with Crippen LogP contribution < -0.4 is 5.32 Å². The summed E-state index contributed by atoms with van der Waals surface area (Å²) in [4.78, 5) is 0. The van der Waals surface area contributed by atoms with Gasteiger partial charge in [0.2, 0.25) is 0 Å². The van der Waals surface area contributed by atoms with Gasteiger partial charge in [0.15, 0.2) is 9.84 Å². The molecule has 4 heteroatoms. The van der Waals surface area contributed by atoms with Crippen molar-refractivity contribution in [1.29, 1.82) is 0 Å². The Balaban J connectivity index is 2.52. The van der Waals surface area contributed by atoms with E-state index in [9.17, 15) is 8.42 Å². The van der Waals surface area contributed by atoms with Crippen molar-refractivity contribution >= 4 is 15.5 Å². The van der Waals surface area contributed by atoms with Crippen LogP contribution in [0.5, 0.6) is 0 Å². The number of nitrogens with zero attached hydrogens (tertiary/aromatic N) is 1. The van der Waals surface area contributed by atoms with Crippen molar-refractivity contribution in [2.24, 2.45) is 0 Å². The smallest absolute Gasteiger partial charge is 0.172 e. The topological polar surface area (TPSA) is 48.2 Å². The Hall–Kier alpha value is -1.29. The SMILES string of the molecule is C=CS(=O)(=O)CC[N]c1ccccc1C. The van der Waals surface area contributed by atoms with E-state index in [-0.39, 0.29) is 12.3 Å². The van der Waals surface area contributed by atoms with Crippen LogP contribution in [-0.2, 0) is 9.84 Å². The van der Waals surface area contributed by atoms with E-state index < -0.39 is 9.84 Å². The minimum atomic E-state index is -3.13. The van der Waals surface area contributed by atoms with Gasteiger partial charge in [-0.3, -0.25) is 5.32 Å². The van der Waals surface area contributed by atoms with E-state index in [0.717, 1.165) is 16.7 Å². The number of hydrogen-bond acceptors (Lipinski definition) is 2. The summed E-state index contributed by atoms with van der Waals surface area (Å²) < 4.78 is 22.2. The fourth-order valence-electron chi connectivity index (χ4n) is 1.12. The van der Waals surface area contributed by atoms with Gasteiger partial charge in [-0.15, -0.1) is 0 Å². The van der Waals surface area contributed by atoms with Gasteiger partial charge in [0, 0.05) is 5.41 Å². The Bertz CT molecular complexity index is 438. The molecule has 15 heavy (non-hydrogen) atoms. The summed E-state index contributed by atoms with van der Waals surface area (Å²) in [5.74, 6) is 0.0187. The van der Waals surface area contributed by atoms with Crippen molar-refractivity contribution in [3.05, 3.63) is 41.8 Å². The van der Waals surface area contributed by atoms with Crippen molar-refractivity contribution in [1.82, 2.24) is 5.32 Å². The van der Waals surface area contributed by atoms with E-state index in [1.807, 2.05) is 31.2 Å². The highest BCUT2D eigenvalue weighted by molar-refractivity contribution is 7.94. The maximum Gasteiger partial charge on any atom is 0.172 e. The average molecular weight is 224 g/mol. The molecule has 1 aromatic rings. The van der Waals surface area contributed by atoms with Crippen molar-refractivity contribution in [3.8, 4) is 0 Å². The minimum absolute atomic E-state index is 0.0187. The van der Waals surface area contributed by atoms with Gasteiger partial charge in [-0.25, -0.2) is 8.42 Å². The van der Waals surface area contributed by atoms with Crippen LogP contribution >= 0.6 is 0 Å².